The molecule has 2 heterocycles. The summed E-state index contributed by atoms with van der Waals surface area (Å²) in [6.07, 6.45) is 0.317. The van der Waals surface area contributed by atoms with Crippen LogP contribution < -0.4 is 10.9 Å². The van der Waals surface area contributed by atoms with Crippen LogP contribution in [0, 0.1) is 5.41 Å². The van der Waals surface area contributed by atoms with Gasteiger partial charge in [0.1, 0.15) is 6.04 Å². The number of hydrogen-bond donors (Lipinski definition) is 2. The molecule has 0 saturated heterocycles. The predicted molar refractivity (Wildman–Crippen MR) is 90.4 cm³/mol. The fraction of sp³-hybridized carbons (Fsp3) is 0.688. The maximum absolute atomic E-state index is 12.8. The van der Waals surface area contributed by atoms with Gasteiger partial charge in [0, 0.05) is 11.5 Å². The number of fused-ring (bicyclic) bond motifs is 1. The Kier molecular flexibility index (Phi) is 4.26. The second-order valence-corrected chi connectivity index (χ2v) is 8.31. The number of anilines is 1. The van der Waals surface area contributed by atoms with Gasteiger partial charge in [0.2, 0.25) is 0 Å². The number of carboxylic acids is 1. The van der Waals surface area contributed by atoms with E-state index in [-0.39, 0.29) is 22.4 Å². The summed E-state index contributed by atoms with van der Waals surface area (Å²) in [5, 5.41) is 12.7. The molecule has 2 rings (SSSR count). The molecule has 0 bridgehead atoms. The van der Waals surface area contributed by atoms with Crippen LogP contribution in [-0.4, -0.2) is 26.7 Å². The number of nitrogens with zero attached hydrogens (tertiary/aromatic N) is 2. The molecule has 1 aliphatic heterocycles. The Morgan fingerprint density at radius 1 is 1.48 bits per heavy atom. The molecule has 0 radical (unpaired) electrons. The van der Waals surface area contributed by atoms with Crippen molar-refractivity contribution in [2.45, 2.75) is 65.5 Å². The lowest BCUT2D eigenvalue weighted by Gasteiger charge is -2.28. The normalized spacial score (nSPS) is 20.9. The smallest absolute Gasteiger partial charge is 0.326 e. The Labute approximate surface area is 140 Å². The van der Waals surface area contributed by atoms with E-state index in [1.165, 1.54) is 4.57 Å². The Bertz CT molecular complexity index is 704. The summed E-state index contributed by atoms with van der Waals surface area (Å²) in [7, 11) is 0. The van der Waals surface area contributed by atoms with E-state index in [2.05, 4.69) is 10.3 Å². The molecule has 2 N–H and O–H groups in total. The molecule has 1 aliphatic rings. The first-order valence-electron chi connectivity index (χ1n) is 7.68. The van der Waals surface area contributed by atoms with Crippen molar-refractivity contribution in [1.29, 1.82) is 0 Å². The summed E-state index contributed by atoms with van der Waals surface area (Å²) < 4.78 is 1.29. The zero-order valence-electron chi connectivity index (χ0n) is 14.4. The molecule has 0 aromatic carbocycles. The number of rotatable bonds is 3. The van der Waals surface area contributed by atoms with Crippen LogP contribution >= 0.6 is 11.6 Å². The van der Waals surface area contributed by atoms with Crippen molar-refractivity contribution in [2.75, 3.05) is 5.32 Å². The highest BCUT2D eigenvalue weighted by molar-refractivity contribution is 6.30. The van der Waals surface area contributed by atoms with Crippen molar-refractivity contribution in [3.8, 4) is 0 Å². The first kappa shape index (κ1) is 17.8. The fourth-order valence-corrected chi connectivity index (χ4v) is 3.23. The molecule has 6 nitrogen and oxygen atoms in total. The molecule has 23 heavy (non-hydrogen) atoms. The quantitative estimate of drug-likeness (QED) is 0.882. The Balaban J connectivity index is 2.60. The van der Waals surface area contributed by atoms with E-state index in [1.54, 1.807) is 0 Å². The van der Waals surface area contributed by atoms with E-state index >= 15 is 0 Å². The molecule has 0 aliphatic carbocycles. The van der Waals surface area contributed by atoms with Gasteiger partial charge >= 0.3 is 5.97 Å². The zero-order valence-corrected chi connectivity index (χ0v) is 15.2. The Morgan fingerprint density at radius 3 is 2.52 bits per heavy atom. The first-order chi connectivity index (χ1) is 10.4. The monoisotopic (exact) mass is 341 g/mol. The van der Waals surface area contributed by atoms with Gasteiger partial charge in [-0.15, -0.1) is 0 Å². The molecule has 0 amide bonds. The minimum atomic E-state index is -1.03. The van der Waals surface area contributed by atoms with E-state index in [0.717, 1.165) is 0 Å². The molecular formula is C16H24ClN3O3. The van der Waals surface area contributed by atoms with Gasteiger partial charge < -0.3 is 10.4 Å². The number of aliphatic carboxylic acids is 1. The third-order valence-corrected chi connectivity index (χ3v) is 4.92. The van der Waals surface area contributed by atoms with Gasteiger partial charge in [-0.3, -0.25) is 9.36 Å². The molecular weight excluding hydrogens is 318 g/mol. The zero-order chi connectivity index (χ0) is 17.7. The number of halogens is 1. The first-order valence-corrected chi connectivity index (χ1v) is 8.06. The summed E-state index contributed by atoms with van der Waals surface area (Å²) >= 11 is 6.30. The van der Waals surface area contributed by atoms with Crippen LogP contribution in [-0.2, 0) is 10.2 Å². The molecule has 1 aromatic rings. The Hall–Kier alpha value is -1.56. The lowest BCUT2D eigenvalue weighted by atomic mass is 9.87. The highest BCUT2D eigenvalue weighted by atomic mass is 35.5. The number of carbonyl (C=O) groups is 1. The van der Waals surface area contributed by atoms with E-state index < -0.39 is 23.0 Å². The lowest BCUT2D eigenvalue weighted by Crippen LogP contribution is -2.37. The van der Waals surface area contributed by atoms with E-state index in [9.17, 15) is 14.7 Å². The van der Waals surface area contributed by atoms with Crippen LogP contribution in [0.2, 0.25) is 5.15 Å². The van der Waals surface area contributed by atoms with Crippen molar-refractivity contribution in [3.63, 3.8) is 0 Å². The molecule has 128 valence electrons. The van der Waals surface area contributed by atoms with E-state index in [4.69, 9.17) is 11.6 Å². The molecule has 0 fully saturated rings. The van der Waals surface area contributed by atoms with Gasteiger partial charge in [-0.2, -0.15) is 0 Å². The molecule has 7 heteroatoms. The molecule has 1 aromatic heterocycles. The number of carboxylic acid groups (broad SMARTS) is 1. The van der Waals surface area contributed by atoms with Gasteiger partial charge in [0.05, 0.1) is 5.69 Å². The van der Waals surface area contributed by atoms with Crippen LogP contribution in [0.25, 0.3) is 0 Å². The van der Waals surface area contributed by atoms with Gasteiger partial charge in [-0.05, 0) is 18.8 Å². The topological polar surface area (TPSA) is 84.2 Å². The van der Waals surface area contributed by atoms with Gasteiger partial charge in [-0.1, -0.05) is 46.2 Å². The second-order valence-electron chi connectivity index (χ2n) is 7.95. The minimum absolute atomic E-state index is 0.0323. The SMILES string of the molecule is CC(Nc1nc(Cl)c2n(c1=O)[C@H](C(=O)O)CC2(C)C)C(C)(C)C. The average Bonchev–Trinajstić information content (AvgIpc) is 2.67. The van der Waals surface area contributed by atoms with Crippen molar-refractivity contribution >= 4 is 23.4 Å². The van der Waals surface area contributed by atoms with Crippen LogP contribution in [0.15, 0.2) is 4.79 Å². The molecule has 2 atom stereocenters. The van der Waals surface area contributed by atoms with Crippen LogP contribution in [0.5, 0.6) is 0 Å². The highest BCUT2D eigenvalue weighted by Crippen LogP contribution is 2.42. The minimum Gasteiger partial charge on any atom is -0.480 e. The maximum atomic E-state index is 12.8. The average molecular weight is 342 g/mol. The summed E-state index contributed by atoms with van der Waals surface area (Å²) in [5.74, 6) is -0.930. The third-order valence-electron chi connectivity index (χ3n) is 4.66. The molecule has 1 unspecified atom stereocenters. The number of aromatic nitrogens is 2. The number of hydrogen-bond acceptors (Lipinski definition) is 4. The van der Waals surface area contributed by atoms with Crippen molar-refractivity contribution in [2.24, 2.45) is 5.41 Å². The predicted octanol–water partition coefficient (Wildman–Crippen LogP) is 3.05. The summed E-state index contributed by atoms with van der Waals surface area (Å²) in [6.45, 7) is 11.8. The van der Waals surface area contributed by atoms with Gasteiger partial charge in [0.15, 0.2) is 11.0 Å². The maximum Gasteiger partial charge on any atom is 0.326 e. The molecule has 0 spiro atoms. The molecule has 0 saturated carbocycles. The van der Waals surface area contributed by atoms with Crippen molar-refractivity contribution in [1.82, 2.24) is 9.55 Å². The van der Waals surface area contributed by atoms with E-state index in [0.29, 0.717) is 12.1 Å². The fourth-order valence-electron chi connectivity index (χ4n) is 2.80. The largest absolute Gasteiger partial charge is 0.480 e. The number of nitrogens with one attached hydrogen (secondary N) is 1. The van der Waals surface area contributed by atoms with Gasteiger partial charge in [0.25, 0.3) is 5.56 Å². The highest BCUT2D eigenvalue weighted by Gasteiger charge is 2.44. The van der Waals surface area contributed by atoms with Gasteiger partial charge in [-0.25, -0.2) is 9.78 Å². The summed E-state index contributed by atoms with van der Waals surface area (Å²) in [6, 6.07) is -0.950. The lowest BCUT2D eigenvalue weighted by molar-refractivity contribution is -0.140. The standard InChI is InChI=1S/C16H24ClN3O3/c1-8(15(2,3)4)18-12-13(21)20-9(14(22)23)7-16(5,6)10(20)11(17)19-12/h8-9H,7H2,1-6H3,(H,18,19)(H,22,23)/t8?,9-/m0/s1. The van der Waals surface area contributed by atoms with Crippen molar-refractivity contribution in [3.05, 3.63) is 21.2 Å². The van der Waals surface area contributed by atoms with E-state index in [1.807, 2.05) is 41.5 Å². The summed E-state index contributed by atoms with van der Waals surface area (Å²) in [4.78, 5) is 28.6. The third kappa shape index (κ3) is 3.09. The second kappa shape index (κ2) is 5.51. The van der Waals surface area contributed by atoms with Crippen LogP contribution in [0.4, 0.5) is 5.82 Å². The van der Waals surface area contributed by atoms with Crippen LogP contribution in [0.1, 0.15) is 59.7 Å². The Morgan fingerprint density at radius 2 is 2.04 bits per heavy atom. The van der Waals surface area contributed by atoms with Crippen LogP contribution in [0.3, 0.4) is 0 Å². The summed E-state index contributed by atoms with van der Waals surface area (Å²) in [5.41, 5.74) is -0.542. The van der Waals surface area contributed by atoms with Crippen molar-refractivity contribution < 1.29 is 9.90 Å².